The summed E-state index contributed by atoms with van der Waals surface area (Å²) in [5, 5.41) is 3.37. The van der Waals surface area contributed by atoms with Crippen LogP contribution in [0.5, 0.6) is 5.75 Å². The summed E-state index contributed by atoms with van der Waals surface area (Å²) in [4.78, 5) is 35.7. The first-order valence-electron chi connectivity index (χ1n) is 13.3. The van der Waals surface area contributed by atoms with Gasteiger partial charge in [-0.15, -0.1) is 0 Å². The molecule has 0 saturated carbocycles. The number of carbonyl (C=O) groups is 1. The quantitative estimate of drug-likeness (QED) is 0.472. The highest BCUT2D eigenvalue weighted by atomic mass is 16.5. The van der Waals surface area contributed by atoms with Gasteiger partial charge in [0.2, 0.25) is 0 Å². The minimum Gasteiger partial charge on any atom is -0.489 e. The second-order valence-electron chi connectivity index (χ2n) is 10.6. The van der Waals surface area contributed by atoms with Gasteiger partial charge in [0.15, 0.2) is 5.78 Å². The van der Waals surface area contributed by atoms with Crippen LogP contribution in [0, 0.1) is 19.8 Å². The van der Waals surface area contributed by atoms with Gasteiger partial charge in [-0.3, -0.25) is 9.59 Å². The number of nitrogens with one attached hydrogen (secondary N) is 2. The summed E-state index contributed by atoms with van der Waals surface area (Å²) in [6.45, 7) is 11.9. The number of fused-ring (bicyclic) bond motifs is 1. The van der Waals surface area contributed by atoms with Crippen LogP contribution in [0.4, 0.5) is 5.82 Å². The van der Waals surface area contributed by atoms with E-state index < -0.39 is 0 Å². The van der Waals surface area contributed by atoms with Crippen molar-refractivity contribution in [1.82, 2.24) is 15.3 Å². The molecule has 194 valence electrons. The summed E-state index contributed by atoms with van der Waals surface area (Å²) in [5.74, 6) is 2.22. The zero-order valence-electron chi connectivity index (χ0n) is 22.2. The van der Waals surface area contributed by atoms with Crippen LogP contribution in [0.1, 0.15) is 53.0 Å². The molecule has 1 unspecified atom stereocenters. The number of ether oxygens (including phenoxy) is 1. The van der Waals surface area contributed by atoms with E-state index in [0.717, 1.165) is 72.1 Å². The lowest BCUT2D eigenvalue weighted by atomic mass is 9.93. The molecule has 0 amide bonds. The minimum absolute atomic E-state index is 0.0295. The molecule has 2 aliphatic heterocycles. The molecular weight excluding hydrogens is 464 g/mol. The van der Waals surface area contributed by atoms with Gasteiger partial charge in [0.25, 0.3) is 5.56 Å². The van der Waals surface area contributed by atoms with Crippen molar-refractivity contribution in [2.24, 2.45) is 5.92 Å². The molecule has 1 atom stereocenters. The predicted octanol–water partition coefficient (Wildman–Crippen LogP) is 4.24. The molecule has 2 aromatic heterocycles. The second kappa shape index (κ2) is 10.5. The van der Waals surface area contributed by atoms with Gasteiger partial charge in [-0.05, 0) is 67.6 Å². The van der Waals surface area contributed by atoms with E-state index in [0.29, 0.717) is 23.5 Å². The third-order valence-electron chi connectivity index (χ3n) is 7.52. The van der Waals surface area contributed by atoms with E-state index in [-0.39, 0.29) is 23.9 Å². The number of hydrogen-bond acceptors (Lipinski definition) is 6. The van der Waals surface area contributed by atoms with Crippen LogP contribution in [0.25, 0.3) is 11.1 Å². The van der Waals surface area contributed by atoms with Gasteiger partial charge in [0.05, 0.1) is 0 Å². The maximum absolute atomic E-state index is 13.4. The van der Waals surface area contributed by atoms with Crippen molar-refractivity contribution in [3.8, 4) is 16.9 Å². The van der Waals surface area contributed by atoms with E-state index >= 15 is 0 Å². The molecule has 2 aliphatic rings. The largest absolute Gasteiger partial charge is 0.489 e. The number of hydrogen-bond donors (Lipinski definition) is 2. The maximum atomic E-state index is 13.4. The molecule has 3 aromatic rings. The van der Waals surface area contributed by atoms with Crippen molar-refractivity contribution in [1.29, 1.82) is 0 Å². The number of ketones is 1. The molecule has 5 rings (SSSR count). The lowest BCUT2D eigenvalue weighted by Crippen LogP contribution is -2.43. The molecule has 0 spiro atoms. The van der Waals surface area contributed by atoms with Gasteiger partial charge in [0, 0.05) is 73.2 Å². The van der Waals surface area contributed by atoms with Crippen LogP contribution in [0.3, 0.4) is 0 Å². The molecule has 0 aliphatic carbocycles. The third-order valence-corrected chi connectivity index (χ3v) is 7.52. The molecule has 0 radical (unpaired) electrons. The fourth-order valence-electron chi connectivity index (χ4n) is 5.34. The standard InChI is InChI=1S/C30H36N4O3/c1-18(2)27-16-23-14-22(26(35)7-6-24-19(3)13-20(4)33-30(24)36)15-25(29(23)37-27)21-5-8-28(32-17-21)34-11-9-31-10-12-34/h5,8,13-15,17-18,27,31H,6-7,9-12,16H2,1-4H3,(H,33,36). The summed E-state index contributed by atoms with van der Waals surface area (Å²) in [7, 11) is 0. The van der Waals surface area contributed by atoms with Crippen molar-refractivity contribution < 1.29 is 9.53 Å². The number of pyridine rings is 2. The van der Waals surface area contributed by atoms with E-state index in [1.54, 1.807) is 0 Å². The van der Waals surface area contributed by atoms with Crippen LogP contribution in [0.2, 0.25) is 0 Å². The summed E-state index contributed by atoms with van der Waals surface area (Å²) >= 11 is 0. The van der Waals surface area contributed by atoms with Crippen molar-refractivity contribution in [3.63, 3.8) is 0 Å². The zero-order chi connectivity index (χ0) is 26.1. The molecule has 7 heteroatoms. The van der Waals surface area contributed by atoms with Crippen LogP contribution in [-0.4, -0.2) is 48.0 Å². The molecule has 1 fully saturated rings. The first-order valence-corrected chi connectivity index (χ1v) is 13.3. The van der Waals surface area contributed by atoms with Gasteiger partial charge < -0.3 is 19.9 Å². The Morgan fingerprint density at radius 3 is 2.62 bits per heavy atom. The molecule has 4 heterocycles. The number of anilines is 1. The first kappa shape index (κ1) is 25.2. The number of rotatable bonds is 7. The summed E-state index contributed by atoms with van der Waals surface area (Å²) < 4.78 is 6.40. The summed E-state index contributed by atoms with van der Waals surface area (Å²) in [6, 6.07) is 10.0. The van der Waals surface area contributed by atoms with Gasteiger partial charge in [-0.2, -0.15) is 0 Å². The van der Waals surface area contributed by atoms with Gasteiger partial charge in [0.1, 0.15) is 17.7 Å². The maximum Gasteiger partial charge on any atom is 0.251 e. The van der Waals surface area contributed by atoms with Crippen LogP contribution in [-0.2, 0) is 12.8 Å². The average molecular weight is 501 g/mol. The highest BCUT2D eigenvalue weighted by Crippen LogP contribution is 2.41. The normalized spacial score (nSPS) is 17.1. The molecule has 0 bridgehead atoms. The number of carbonyl (C=O) groups excluding carboxylic acids is 1. The van der Waals surface area contributed by atoms with E-state index in [1.807, 2.05) is 38.2 Å². The summed E-state index contributed by atoms with van der Waals surface area (Å²) in [5.41, 5.74) is 5.90. The number of aromatic nitrogens is 2. The number of aromatic amines is 1. The van der Waals surface area contributed by atoms with E-state index in [1.165, 1.54) is 0 Å². The van der Waals surface area contributed by atoms with Gasteiger partial charge in [-0.1, -0.05) is 13.8 Å². The zero-order valence-corrected chi connectivity index (χ0v) is 22.2. The van der Waals surface area contributed by atoms with E-state index in [2.05, 4.69) is 41.2 Å². The number of nitrogens with zero attached hydrogens (tertiary/aromatic N) is 2. The lowest BCUT2D eigenvalue weighted by Gasteiger charge is -2.28. The molecule has 7 nitrogen and oxygen atoms in total. The second-order valence-corrected chi connectivity index (χ2v) is 10.6. The molecule has 1 aromatic carbocycles. The molecule has 2 N–H and O–H groups in total. The van der Waals surface area contributed by atoms with Crippen LogP contribution >= 0.6 is 0 Å². The van der Waals surface area contributed by atoms with Crippen LogP contribution < -0.4 is 20.5 Å². The Morgan fingerprint density at radius 1 is 1.16 bits per heavy atom. The smallest absolute Gasteiger partial charge is 0.251 e. The fraction of sp³-hybridized carbons (Fsp3) is 0.433. The highest BCUT2D eigenvalue weighted by Gasteiger charge is 2.30. The number of aryl methyl sites for hydroxylation is 2. The highest BCUT2D eigenvalue weighted by molar-refractivity contribution is 5.98. The topological polar surface area (TPSA) is 87.3 Å². The Hall–Kier alpha value is -3.45. The summed E-state index contributed by atoms with van der Waals surface area (Å²) in [6.07, 6.45) is 3.45. The number of benzene rings is 1. The van der Waals surface area contributed by atoms with Crippen molar-refractivity contribution in [2.45, 2.75) is 53.1 Å². The monoisotopic (exact) mass is 500 g/mol. The van der Waals surface area contributed by atoms with Gasteiger partial charge in [-0.25, -0.2) is 4.98 Å². The molecule has 1 saturated heterocycles. The third kappa shape index (κ3) is 5.32. The minimum atomic E-state index is -0.108. The Kier molecular flexibility index (Phi) is 7.15. The van der Waals surface area contributed by atoms with E-state index in [4.69, 9.17) is 9.72 Å². The number of Topliss-reactive ketones (excluding diaryl/α,β-unsaturated/α-hetero) is 1. The Balaban J connectivity index is 1.44. The van der Waals surface area contributed by atoms with Crippen LogP contribution in [0.15, 0.2) is 41.3 Å². The fourth-order valence-corrected chi connectivity index (χ4v) is 5.34. The number of H-pyrrole nitrogens is 1. The average Bonchev–Trinajstić information content (AvgIpc) is 3.33. The first-order chi connectivity index (χ1) is 17.8. The van der Waals surface area contributed by atoms with Crippen molar-refractivity contribution in [3.05, 3.63) is 74.8 Å². The predicted molar refractivity (Wildman–Crippen MR) is 147 cm³/mol. The SMILES string of the molecule is Cc1cc(C)c(CCC(=O)c2cc3c(c(-c4ccc(N5CCNCC5)nc4)c2)OC(C(C)C)C3)c(=O)[nH]1. The van der Waals surface area contributed by atoms with Crippen molar-refractivity contribution in [2.75, 3.05) is 31.1 Å². The molecular formula is C30H36N4O3. The Bertz CT molecular complexity index is 1350. The van der Waals surface area contributed by atoms with E-state index in [9.17, 15) is 9.59 Å². The number of piperazine rings is 1. The Labute approximate surface area is 218 Å². The molecule has 37 heavy (non-hydrogen) atoms. The Morgan fingerprint density at radius 2 is 1.95 bits per heavy atom. The lowest BCUT2D eigenvalue weighted by molar-refractivity contribution is 0.0982. The van der Waals surface area contributed by atoms with Crippen molar-refractivity contribution >= 4 is 11.6 Å². The van der Waals surface area contributed by atoms with Gasteiger partial charge >= 0.3 is 0 Å².